The van der Waals surface area contributed by atoms with Crippen molar-refractivity contribution in [1.82, 2.24) is 9.97 Å². The number of benzene rings is 1. The molecular weight excluding hydrogens is 354 g/mol. The molecule has 0 spiro atoms. The molecular formula is C16H15F4N5O. The van der Waals surface area contributed by atoms with Crippen molar-refractivity contribution in [3.05, 3.63) is 48.0 Å². The maximum absolute atomic E-state index is 14.4. The Kier molecular flexibility index (Phi) is 4.53. The number of anilines is 2. The molecule has 2 aromatic rings. The lowest BCUT2D eigenvalue weighted by molar-refractivity contribution is -0.238. The number of alkyl halides is 3. The molecule has 6 nitrogen and oxygen atoms in total. The van der Waals surface area contributed by atoms with Gasteiger partial charge >= 0.3 is 6.18 Å². The van der Waals surface area contributed by atoms with E-state index in [1.54, 1.807) is 6.07 Å². The Morgan fingerprint density at radius 1 is 1.27 bits per heavy atom. The number of rotatable bonds is 3. The smallest absolute Gasteiger partial charge is 0.386 e. The highest BCUT2D eigenvalue weighted by atomic mass is 19.4. The fourth-order valence-electron chi connectivity index (χ4n) is 2.82. The summed E-state index contributed by atoms with van der Waals surface area (Å²) in [6, 6.07) is 5.22. The molecule has 0 saturated heterocycles. The van der Waals surface area contributed by atoms with E-state index in [1.165, 1.54) is 24.5 Å². The first-order valence-electron chi connectivity index (χ1n) is 7.57. The quantitative estimate of drug-likeness (QED) is 0.813. The van der Waals surface area contributed by atoms with Gasteiger partial charge in [-0.2, -0.15) is 13.2 Å². The SMILES string of the molecule is CC1(c2cc(Nc3ncccn3)ccc2F)N=C(N)COC1C(F)(F)F. The van der Waals surface area contributed by atoms with Crippen molar-refractivity contribution in [3.8, 4) is 0 Å². The average Bonchev–Trinajstić information content (AvgIpc) is 2.56. The fraction of sp³-hybridized carbons (Fsp3) is 0.312. The van der Waals surface area contributed by atoms with Crippen molar-refractivity contribution in [2.75, 3.05) is 11.9 Å². The van der Waals surface area contributed by atoms with E-state index in [-0.39, 0.29) is 17.3 Å². The minimum Gasteiger partial charge on any atom is -0.386 e. The highest BCUT2D eigenvalue weighted by Crippen LogP contribution is 2.43. The molecule has 2 atom stereocenters. The minimum atomic E-state index is -4.75. The summed E-state index contributed by atoms with van der Waals surface area (Å²) in [5.74, 6) is -0.786. The zero-order valence-corrected chi connectivity index (χ0v) is 13.6. The second kappa shape index (κ2) is 6.52. The number of nitrogens with zero attached hydrogens (tertiary/aromatic N) is 3. The van der Waals surface area contributed by atoms with Crippen molar-refractivity contribution in [1.29, 1.82) is 0 Å². The molecule has 2 unspecified atom stereocenters. The van der Waals surface area contributed by atoms with Gasteiger partial charge in [0.1, 0.15) is 23.8 Å². The maximum Gasteiger partial charge on any atom is 0.417 e. The first-order chi connectivity index (χ1) is 12.2. The molecule has 0 saturated carbocycles. The van der Waals surface area contributed by atoms with Crippen LogP contribution in [0.5, 0.6) is 0 Å². The monoisotopic (exact) mass is 369 g/mol. The molecule has 0 amide bonds. The van der Waals surface area contributed by atoms with Crippen LogP contribution in [0.2, 0.25) is 0 Å². The van der Waals surface area contributed by atoms with Crippen LogP contribution >= 0.6 is 0 Å². The third kappa shape index (κ3) is 3.45. The van der Waals surface area contributed by atoms with E-state index >= 15 is 0 Å². The molecule has 26 heavy (non-hydrogen) atoms. The first kappa shape index (κ1) is 18.1. The van der Waals surface area contributed by atoms with Crippen LogP contribution in [-0.4, -0.2) is 34.7 Å². The van der Waals surface area contributed by atoms with Gasteiger partial charge in [0.05, 0.1) is 0 Å². The molecule has 0 aliphatic carbocycles. The van der Waals surface area contributed by atoms with E-state index in [2.05, 4.69) is 20.3 Å². The van der Waals surface area contributed by atoms with Crippen LogP contribution in [0, 0.1) is 5.82 Å². The van der Waals surface area contributed by atoms with E-state index < -0.39 is 30.2 Å². The second-order valence-corrected chi connectivity index (χ2v) is 5.88. The van der Waals surface area contributed by atoms with Crippen molar-refractivity contribution in [3.63, 3.8) is 0 Å². The summed E-state index contributed by atoms with van der Waals surface area (Å²) < 4.78 is 59.6. The number of nitrogens with one attached hydrogen (secondary N) is 1. The number of hydrogen-bond donors (Lipinski definition) is 2. The van der Waals surface area contributed by atoms with Crippen molar-refractivity contribution in [2.45, 2.75) is 24.7 Å². The standard InChI is InChI=1S/C16H15F4N5O/c1-15(13(16(18,19)20)26-8-12(21)25-15)10-7-9(3-4-11(10)17)24-14-22-5-2-6-23-14/h2-7,13H,8H2,1H3,(H2,21,25)(H,22,23,24). The summed E-state index contributed by atoms with van der Waals surface area (Å²) in [4.78, 5) is 11.8. The predicted molar refractivity (Wildman–Crippen MR) is 86.5 cm³/mol. The molecule has 0 fully saturated rings. The van der Waals surface area contributed by atoms with Gasteiger partial charge in [-0.1, -0.05) is 0 Å². The number of nitrogens with two attached hydrogens (primary N) is 1. The molecule has 1 aromatic carbocycles. The van der Waals surface area contributed by atoms with Crippen LogP contribution in [0.15, 0.2) is 41.7 Å². The Bertz CT molecular complexity index is 827. The maximum atomic E-state index is 14.4. The molecule has 1 aliphatic rings. The Morgan fingerprint density at radius 2 is 1.96 bits per heavy atom. The summed E-state index contributed by atoms with van der Waals surface area (Å²) in [6.07, 6.45) is -4.11. The van der Waals surface area contributed by atoms with Gasteiger partial charge in [-0.25, -0.2) is 14.4 Å². The highest BCUT2D eigenvalue weighted by molar-refractivity contribution is 5.83. The van der Waals surface area contributed by atoms with Gasteiger partial charge in [-0.05, 0) is 31.2 Å². The van der Waals surface area contributed by atoms with Crippen LogP contribution in [0.3, 0.4) is 0 Å². The van der Waals surface area contributed by atoms with Crippen molar-refractivity contribution < 1.29 is 22.3 Å². The summed E-state index contributed by atoms with van der Waals surface area (Å²) in [6.45, 7) is 0.662. The van der Waals surface area contributed by atoms with E-state index in [1.807, 2.05) is 0 Å². The Morgan fingerprint density at radius 3 is 2.62 bits per heavy atom. The van der Waals surface area contributed by atoms with Crippen molar-refractivity contribution in [2.24, 2.45) is 10.7 Å². The number of aliphatic imine (C=N–C) groups is 1. The topological polar surface area (TPSA) is 85.4 Å². The molecule has 138 valence electrons. The normalized spacial score (nSPS) is 23.4. The fourth-order valence-corrected chi connectivity index (χ4v) is 2.82. The summed E-state index contributed by atoms with van der Waals surface area (Å²) in [5.41, 5.74) is 3.49. The number of aromatic nitrogens is 2. The van der Waals surface area contributed by atoms with E-state index in [9.17, 15) is 17.6 Å². The number of halogens is 4. The molecule has 3 N–H and O–H groups in total. The zero-order chi connectivity index (χ0) is 18.9. The van der Waals surface area contributed by atoms with Gasteiger partial charge < -0.3 is 15.8 Å². The molecule has 10 heteroatoms. The molecule has 0 radical (unpaired) electrons. The Labute approximate surface area is 146 Å². The lowest BCUT2D eigenvalue weighted by atomic mass is 9.84. The Balaban J connectivity index is 2.05. The van der Waals surface area contributed by atoms with Crippen LogP contribution in [0.4, 0.5) is 29.2 Å². The summed E-state index contributed by atoms with van der Waals surface area (Å²) >= 11 is 0. The highest BCUT2D eigenvalue weighted by Gasteiger charge is 2.56. The molecule has 3 rings (SSSR count). The van der Waals surface area contributed by atoms with Gasteiger partial charge in [0.15, 0.2) is 6.10 Å². The van der Waals surface area contributed by atoms with Crippen LogP contribution in [0.25, 0.3) is 0 Å². The van der Waals surface area contributed by atoms with Gasteiger partial charge in [-0.3, -0.25) is 4.99 Å². The molecule has 0 bridgehead atoms. The second-order valence-electron chi connectivity index (χ2n) is 5.88. The minimum absolute atomic E-state index is 0.142. The predicted octanol–water partition coefficient (Wildman–Crippen LogP) is 2.89. The lowest BCUT2D eigenvalue weighted by Crippen LogP contribution is -2.53. The largest absolute Gasteiger partial charge is 0.417 e. The molecule has 1 aliphatic heterocycles. The number of hydrogen-bond acceptors (Lipinski definition) is 6. The third-order valence-corrected chi connectivity index (χ3v) is 3.92. The number of amidine groups is 1. The first-order valence-corrected chi connectivity index (χ1v) is 7.57. The van der Waals surface area contributed by atoms with E-state index in [0.717, 1.165) is 13.0 Å². The van der Waals surface area contributed by atoms with Crippen LogP contribution in [0.1, 0.15) is 12.5 Å². The summed E-state index contributed by atoms with van der Waals surface area (Å²) in [5, 5.41) is 2.80. The van der Waals surface area contributed by atoms with Gasteiger partial charge in [0.25, 0.3) is 0 Å². The van der Waals surface area contributed by atoms with Crippen LogP contribution in [-0.2, 0) is 10.3 Å². The zero-order valence-electron chi connectivity index (χ0n) is 13.6. The van der Waals surface area contributed by atoms with Crippen molar-refractivity contribution >= 4 is 17.5 Å². The third-order valence-electron chi connectivity index (χ3n) is 3.92. The van der Waals surface area contributed by atoms with E-state index in [4.69, 9.17) is 10.5 Å². The van der Waals surface area contributed by atoms with E-state index in [0.29, 0.717) is 5.69 Å². The lowest BCUT2D eigenvalue weighted by Gasteiger charge is -2.39. The molecule has 1 aromatic heterocycles. The molecule has 2 heterocycles. The average molecular weight is 369 g/mol. The van der Waals surface area contributed by atoms with Gasteiger partial charge in [-0.15, -0.1) is 0 Å². The van der Waals surface area contributed by atoms with Gasteiger partial charge in [0, 0.05) is 23.6 Å². The Hall–Kier alpha value is -2.75. The van der Waals surface area contributed by atoms with Crippen LogP contribution < -0.4 is 11.1 Å². The van der Waals surface area contributed by atoms with Gasteiger partial charge in [0.2, 0.25) is 5.95 Å². The summed E-state index contributed by atoms with van der Waals surface area (Å²) in [7, 11) is 0. The number of ether oxygens (including phenoxy) is 1.